The molecule has 2 aromatic heterocycles. The van der Waals surface area contributed by atoms with Crippen molar-refractivity contribution in [2.24, 2.45) is 0 Å². The summed E-state index contributed by atoms with van der Waals surface area (Å²) in [6, 6.07) is 0. The van der Waals surface area contributed by atoms with Gasteiger partial charge >= 0.3 is 0 Å². The SMILES string of the molecule is On1ccnc1-c1nn[nH]n1. The lowest BCUT2D eigenvalue weighted by molar-refractivity contribution is 0.190. The minimum atomic E-state index is 0.262. The molecule has 56 valence electrons. The zero-order valence-corrected chi connectivity index (χ0v) is 5.34. The van der Waals surface area contributed by atoms with Gasteiger partial charge in [0.1, 0.15) is 0 Å². The molecule has 0 saturated carbocycles. The summed E-state index contributed by atoms with van der Waals surface area (Å²) < 4.78 is 0.824. The second-order valence-electron chi connectivity index (χ2n) is 1.83. The van der Waals surface area contributed by atoms with Gasteiger partial charge in [0.2, 0.25) is 11.6 Å². The quantitative estimate of drug-likeness (QED) is 0.527. The molecule has 11 heavy (non-hydrogen) atoms. The van der Waals surface area contributed by atoms with E-state index < -0.39 is 0 Å². The van der Waals surface area contributed by atoms with E-state index in [1.165, 1.54) is 12.4 Å². The van der Waals surface area contributed by atoms with E-state index in [0.29, 0.717) is 0 Å². The molecule has 0 radical (unpaired) electrons. The standard InChI is InChI=1S/C4H4N6O/c11-10-2-1-5-4(10)3-6-8-9-7-3/h1-2,11H,(H,6,7,8,9). The Morgan fingerprint density at radius 1 is 1.55 bits per heavy atom. The number of nitrogens with zero attached hydrogens (tertiary/aromatic N) is 5. The highest BCUT2D eigenvalue weighted by Gasteiger charge is 2.08. The number of aromatic nitrogens is 6. The van der Waals surface area contributed by atoms with Crippen molar-refractivity contribution in [1.29, 1.82) is 0 Å². The molecule has 0 saturated heterocycles. The zero-order chi connectivity index (χ0) is 7.68. The molecular weight excluding hydrogens is 148 g/mol. The van der Waals surface area contributed by atoms with Crippen molar-refractivity contribution >= 4 is 0 Å². The molecule has 0 unspecified atom stereocenters. The van der Waals surface area contributed by atoms with Gasteiger partial charge in [0.05, 0.1) is 6.20 Å². The number of nitrogens with one attached hydrogen (secondary N) is 1. The summed E-state index contributed by atoms with van der Waals surface area (Å²) in [5, 5.41) is 21.9. The Labute approximate surface area is 60.6 Å². The van der Waals surface area contributed by atoms with Crippen molar-refractivity contribution in [1.82, 2.24) is 30.3 Å². The third-order valence-electron chi connectivity index (χ3n) is 1.17. The minimum Gasteiger partial charge on any atom is -0.427 e. The third kappa shape index (κ3) is 0.820. The number of rotatable bonds is 1. The number of hydrogen-bond donors (Lipinski definition) is 2. The van der Waals surface area contributed by atoms with E-state index in [1.54, 1.807) is 0 Å². The van der Waals surface area contributed by atoms with Crippen LogP contribution in [0.3, 0.4) is 0 Å². The summed E-state index contributed by atoms with van der Waals surface area (Å²) in [5.74, 6) is 0.524. The summed E-state index contributed by atoms with van der Waals surface area (Å²) in [6.45, 7) is 0. The van der Waals surface area contributed by atoms with Crippen LogP contribution in [0, 0.1) is 0 Å². The van der Waals surface area contributed by atoms with Crippen molar-refractivity contribution in [2.75, 3.05) is 0 Å². The Morgan fingerprint density at radius 3 is 3.00 bits per heavy atom. The van der Waals surface area contributed by atoms with E-state index in [2.05, 4.69) is 25.6 Å². The Balaban J connectivity index is 2.53. The first kappa shape index (κ1) is 5.83. The van der Waals surface area contributed by atoms with Crippen molar-refractivity contribution < 1.29 is 5.21 Å². The highest BCUT2D eigenvalue weighted by molar-refractivity contribution is 5.40. The van der Waals surface area contributed by atoms with Gasteiger partial charge in [-0.05, 0) is 5.21 Å². The first-order valence-electron chi connectivity index (χ1n) is 2.84. The second-order valence-corrected chi connectivity index (χ2v) is 1.83. The Hall–Kier alpha value is -1.92. The normalized spacial score (nSPS) is 10.2. The molecule has 2 aromatic rings. The number of hydrogen-bond acceptors (Lipinski definition) is 5. The van der Waals surface area contributed by atoms with Crippen molar-refractivity contribution in [3.05, 3.63) is 12.4 Å². The highest BCUT2D eigenvalue weighted by atomic mass is 16.5. The maximum absolute atomic E-state index is 9.05. The van der Waals surface area contributed by atoms with Crippen LogP contribution in [0.4, 0.5) is 0 Å². The molecule has 2 heterocycles. The smallest absolute Gasteiger partial charge is 0.243 e. The second kappa shape index (κ2) is 2.04. The van der Waals surface area contributed by atoms with Gasteiger partial charge in [-0.3, -0.25) is 0 Å². The molecule has 0 fully saturated rings. The molecule has 0 atom stereocenters. The minimum absolute atomic E-state index is 0.262. The van der Waals surface area contributed by atoms with E-state index in [0.717, 1.165) is 4.73 Å². The number of tetrazole rings is 1. The molecule has 2 N–H and O–H groups in total. The maximum Gasteiger partial charge on any atom is 0.243 e. The van der Waals surface area contributed by atoms with Crippen LogP contribution in [0.5, 0.6) is 0 Å². The monoisotopic (exact) mass is 152 g/mol. The third-order valence-corrected chi connectivity index (χ3v) is 1.17. The van der Waals surface area contributed by atoms with Crippen LogP contribution in [0.1, 0.15) is 0 Å². The van der Waals surface area contributed by atoms with Crippen LogP contribution in [0.2, 0.25) is 0 Å². The molecule has 7 heteroatoms. The topological polar surface area (TPSA) is 92.5 Å². The Kier molecular flexibility index (Phi) is 1.08. The number of H-pyrrole nitrogens is 1. The summed E-state index contributed by atoms with van der Waals surface area (Å²) in [4.78, 5) is 3.79. The van der Waals surface area contributed by atoms with E-state index in [9.17, 15) is 0 Å². The molecule has 0 aromatic carbocycles. The fraction of sp³-hybridized carbons (Fsp3) is 0. The van der Waals surface area contributed by atoms with Gasteiger partial charge in [0, 0.05) is 6.20 Å². The molecule has 0 aliphatic carbocycles. The fourth-order valence-corrected chi connectivity index (χ4v) is 0.714. The predicted molar refractivity (Wildman–Crippen MR) is 32.6 cm³/mol. The van der Waals surface area contributed by atoms with E-state index in [4.69, 9.17) is 5.21 Å². The zero-order valence-electron chi connectivity index (χ0n) is 5.34. The average molecular weight is 152 g/mol. The molecule has 0 aliphatic heterocycles. The summed E-state index contributed by atoms with van der Waals surface area (Å²) >= 11 is 0. The Morgan fingerprint density at radius 2 is 2.45 bits per heavy atom. The highest BCUT2D eigenvalue weighted by Crippen LogP contribution is 2.06. The molecule has 0 amide bonds. The first-order valence-corrected chi connectivity index (χ1v) is 2.84. The van der Waals surface area contributed by atoms with Gasteiger partial charge < -0.3 is 5.21 Å². The lowest BCUT2D eigenvalue weighted by atomic mass is 10.6. The van der Waals surface area contributed by atoms with E-state index in [1.807, 2.05) is 0 Å². The summed E-state index contributed by atoms with van der Waals surface area (Å²) in [6.07, 6.45) is 2.82. The summed E-state index contributed by atoms with van der Waals surface area (Å²) in [5.41, 5.74) is 0. The molecular formula is C4H4N6O. The molecule has 0 aliphatic rings. The van der Waals surface area contributed by atoms with E-state index in [-0.39, 0.29) is 11.6 Å². The lowest BCUT2D eigenvalue weighted by Gasteiger charge is -1.90. The van der Waals surface area contributed by atoms with Gasteiger partial charge in [0.25, 0.3) is 0 Å². The maximum atomic E-state index is 9.05. The molecule has 7 nitrogen and oxygen atoms in total. The largest absolute Gasteiger partial charge is 0.427 e. The summed E-state index contributed by atoms with van der Waals surface area (Å²) in [7, 11) is 0. The van der Waals surface area contributed by atoms with Crippen LogP contribution < -0.4 is 0 Å². The molecule has 2 rings (SSSR count). The van der Waals surface area contributed by atoms with Crippen molar-refractivity contribution in [3.63, 3.8) is 0 Å². The van der Waals surface area contributed by atoms with Crippen LogP contribution >= 0.6 is 0 Å². The van der Waals surface area contributed by atoms with Crippen LogP contribution in [-0.2, 0) is 0 Å². The van der Waals surface area contributed by atoms with Gasteiger partial charge in [0.15, 0.2) is 0 Å². The lowest BCUT2D eigenvalue weighted by Crippen LogP contribution is -1.94. The predicted octanol–water partition coefficient (Wildman–Crippen LogP) is -0.700. The van der Waals surface area contributed by atoms with Crippen molar-refractivity contribution in [2.45, 2.75) is 0 Å². The number of aromatic amines is 1. The molecule has 0 bridgehead atoms. The van der Waals surface area contributed by atoms with Gasteiger partial charge in [-0.15, -0.1) is 10.2 Å². The fourth-order valence-electron chi connectivity index (χ4n) is 0.714. The van der Waals surface area contributed by atoms with Gasteiger partial charge in [-0.25, -0.2) is 4.98 Å². The van der Waals surface area contributed by atoms with E-state index >= 15 is 0 Å². The molecule has 0 spiro atoms. The van der Waals surface area contributed by atoms with Crippen LogP contribution in [0.15, 0.2) is 12.4 Å². The van der Waals surface area contributed by atoms with Gasteiger partial charge in [-0.2, -0.15) is 9.94 Å². The van der Waals surface area contributed by atoms with Gasteiger partial charge in [-0.1, -0.05) is 0 Å². The number of imidazole rings is 1. The van der Waals surface area contributed by atoms with Crippen LogP contribution in [-0.4, -0.2) is 35.5 Å². The average Bonchev–Trinajstić information content (AvgIpc) is 2.55. The van der Waals surface area contributed by atoms with Crippen molar-refractivity contribution in [3.8, 4) is 11.6 Å². The van der Waals surface area contributed by atoms with Crippen LogP contribution in [0.25, 0.3) is 11.6 Å². The Bertz CT molecular complexity index is 337. The first-order chi connectivity index (χ1) is 5.38.